The van der Waals surface area contributed by atoms with Crippen molar-refractivity contribution in [3.63, 3.8) is 0 Å². The van der Waals surface area contributed by atoms with Gasteiger partial charge in [0.25, 0.3) is 0 Å². The molecule has 0 aliphatic carbocycles. The second kappa shape index (κ2) is 5.96. The van der Waals surface area contributed by atoms with E-state index in [1.54, 1.807) is 6.20 Å². The number of aromatic nitrogens is 1. The first-order chi connectivity index (χ1) is 7.17. The molecule has 0 spiro atoms. The van der Waals surface area contributed by atoms with Crippen LogP contribution >= 0.6 is 11.6 Å². The lowest BCUT2D eigenvalue weighted by Gasteiger charge is -2.23. The van der Waals surface area contributed by atoms with E-state index in [4.69, 9.17) is 11.6 Å². The fourth-order valence-electron chi connectivity index (χ4n) is 1.87. The fourth-order valence-corrected chi connectivity index (χ4v) is 2.04. The van der Waals surface area contributed by atoms with Crippen LogP contribution in [0.25, 0.3) is 0 Å². The molecule has 1 aromatic rings. The van der Waals surface area contributed by atoms with E-state index >= 15 is 0 Å². The molecule has 0 bridgehead atoms. The molecule has 1 N–H and O–H groups in total. The number of nitrogens with zero attached hydrogens (tertiary/aromatic N) is 1. The van der Waals surface area contributed by atoms with E-state index in [0.29, 0.717) is 17.1 Å². The summed E-state index contributed by atoms with van der Waals surface area (Å²) in [7, 11) is 0. The summed E-state index contributed by atoms with van der Waals surface area (Å²) in [6.07, 6.45) is 4.12. The maximum absolute atomic E-state index is 5.82. The topological polar surface area (TPSA) is 24.9 Å². The van der Waals surface area contributed by atoms with E-state index in [2.05, 4.69) is 31.1 Å². The van der Waals surface area contributed by atoms with Crippen LogP contribution in [0, 0.1) is 5.92 Å². The Morgan fingerprint density at radius 3 is 2.60 bits per heavy atom. The van der Waals surface area contributed by atoms with Crippen molar-refractivity contribution in [1.29, 1.82) is 0 Å². The third kappa shape index (κ3) is 3.71. The number of nitrogens with one attached hydrogen (secondary N) is 1. The summed E-state index contributed by atoms with van der Waals surface area (Å²) < 4.78 is 0. The molecule has 0 aromatic carbocycles. The summed E-state index contributed by atoms with van der Waals surface area (Å²) >= 11 is 5.82. The van der Waals surface area contributed by atoms with Crippen LogP contribution in [0.5, 0.6) is 0 Å². The summed E-state index contributed by atoms with van der Waals surface area (Å²) in [5.74, 6) is 0.706. The molecule has 1 unspecified atom stereocenters. The number of hydrogen-bond acceptors (Lipinski definition) is 2. The van der Waals surface area contributed by atoms with E-state index in [9.17, 15) is 0 Å². The molecule has 1 aromatic heterocycles. The minimum atomic E-state index is 0.471. The molecule has 0 radical (unpaired) electrons. The molecule has 15 heavy (non-hydrogen) atoms. The first kappa shape index (κ1) is 12.3. The average Bonchev–Trinajstić information content (AvgIpc) is 2.19. The predicted molar refractivity (Wildman–Crippen MR) is 66.4 cm³/mol. The lowest BCUT2D eigenvalue weighted by molar-refractivity contribution is 0.438. The largest absolute Gasteiger partial charge is 0.382 e. The number of halogens is 1. The van der Waals surface area contributed by atoms with E-state index in [1.165, 1.54) is 12.8 Å². The van der Waals surface area contributed by atoms with Crippen LogP contribution in [0.15, 0.2) is 18.3 Å². The van der Waals surface area contributed by atoms with E-state index in [1.807, 2.05) is 12.1 Å². The Kier molecular flexibility index (Phi) is 4.89. The van der Waals surface area contributed by atoms with Crippen molar-refractivity contribution in [2.24, 2.45) is 5.92 Å². The summed E-state index contributed by atoms with van der Waals surface area (Å²) in [6.45, 7) is 6.67. The molecule has 2 nitrogen and oxygen atoms in total. The van der Waals surface area contributed by atoms with Crippen LogP contribution in [0.4, 0.5) is 5.69 Å². The van der Waals surface area contributed by atoms with Gasteiger partial charge >= 0.3 is 0 Å². The van der Waals surface area contributed by atoms with Gasteiger partial charge < -0.3 is 5.32 Å². The van der Waals surface area contributed by atoms with Crippen molar-refractivity contribution < 1.29 is 0 Å². The molecular weight excluding hydrogens is 208 g/mol. The highest BCUT2D eigenvalue weighted by molar-refractivity contribution is 6.29. The highest BCUT2D eigenvalue weighted by Crippen LogP contribution is 2.19. The quantitative estimate of drug-likeness (QED) is 0.769. The van der Waals surface area contributed by atoms with Crippen LogP contribution < -0.4 is 5.32 Å². The SMILES string of the molecule is CCC(CC)C(C)Nc1ccnc(Cl)c1. The molecule has 0 aliphatic rings. The molecule has 0 saturated carbocycles. The number of rotatable bonds is 5. The van der Waals surface area contributed by atoms with Crippen molar-refractivity contribution in [1.82, 2.24) is 4.98 Å². The maximum atomic E-state index is 5.82. The highest BCUT2D eigenvalue weighted by atomic mass is 35.5. The summed E-state index contributed by atoms with van der Waals surface area (Å²) in [5, 5.41) is 4.00. The summed E-state index contributed by atoms with van der Waals surface area (Å²) in [6, 6.07) is 4.28. The molecule has 0 aliphatic heterocycles. The van der Waals surface area contributed by atoms with Gasteiger partial charge in [-0.1, -0.05) is 38.3 Å². The minimum absolute atomic E-state index is 0.471. The Hall–Kier alpha value is -0.760. The van der Waals surface area contributed by atoms with Gasteiger partial charge in [0.1, 0.15) is 5.15 Å². The lowest BCUT2D eigenvalue weighted by Crippen LogP contribution is -2.24. The van der Waals surface area contributed by atoms with Crippen LogP contribution in [-0.4, -0.2) is 11.0 Å². The molecule has 0 amide bonds. The standard InChI is InChI=1S/C12H19ClN2/c1-4-10(5-2)9(3)15-11-6-7-14-12(13)8-11/h6-10H,4-5H2,1-3H3,(H,14,15). The Labute approximate surface area is 97.1 Å². The number of pyridine rings is 1. The normalized spacial score (nSPS) is 12.9. The van der Waals surface area contributed by atoms with Crippen LogP contribution in [-0.2, 0) is 0 Å². The Bertz CT molecular complexity index is 297. The zero-order chi connectivity index (χ0) is 11.3. The van der Waals surface area contributed by atoms with Gasteiger partial charge in [0.15, 0.2) is 0 Å². The van der Waals surface area contributed by atoms with Crippen molar-refractivity contribution >= 4 is 17.3 Å². The summed E-state index contributed by atoms with van der Waals surface area (Å²) in [5.41, 5.74) is 1.05. The molecule has 1 atom stereocenters. The monoisotopic (exact) mass is 226 g/mol. The zero-order valence-corrected chi connectivity index (χ0v) is 10.4. The van der Waals surface area contributed by atoms with Gasteiger partial charge in [0.05, 0.1) is 0 Å². The van der Waals surface area contributed by atoms with Gasteiger partial charge in [-0.3, -0.25) is 0 Å². The smallest absolute Gasteiger partial charge is 0.131 e. The third-order valence-electron chi connectivity index (χ3n) is 2.88. The molecule has 1 heterocycles. The van der Waals surface area contributed by atoms with Gasteiger partial charge in [-0.25, -0.2) is 4.98 Å². The van der Waals surface area contributed by atoms with Gasteiger partial charge in [0.2, 0.25) is 0 Å². The van der Waals surface area contributed by atoms with Crippen molar-refractivity contribution in [3.8, 4) is 0 Å². The second-order valence-electron chi connectivity index (χ2n) is 3.88. The first-order valence-electron chi connectivity index (χ1n) is 5.55. The maximum Gasteiger partial charge on any atom is 0.131 e. The Balaban J connectivity index is 2.61. The summed E-state index contributed by atoms with van der Waals surface area (Å²) in [4.78, 5) is 3.96. The molecule has 3 heteroatoms. The Morgan fingerprint density at radius 2 is 2.07 bits per heavy atom. The van der Waals surface area contributed by atoms with Gasteiger partial charge in [0, 0.05) is 17.9 Å². The van der Waals surface area contributed by atoms with E-state index < -0.39 is 0 Å². The fraction of sp³-hybridized carbons (Fsp3) is 0.583. The zero-order valence-electron chi connectivity index (χ0n) is 9.63. The van der Waals surface area contributed by atoms with Gasteiger partial charge in [-0.2, -0.15) is 0 Å². The highest BCUT2D eigenvalue weighted by Gasteiger charge is 2.12. The van der Waals surface area contributed by atoms with Crippen LogP contribution in [0.2, 0.25) is 5.15 Å². The van der Waals surface area contributed by atoms with E-state index in [0.717, 1.165) is 5.69 Å². The van der Waals surface area contributed by atoms with Gasteiger partial charge in [-0.15, -0.1) is 0 Å². The number of anilines is 1. The lowest BCUT2D eigenvalue weighted by atomic mass is 9.95. The van der Waals surface area contributed by atoms with Crippen molar-refractivity contribution in [3.05, 3.63) is 23.5 Å². The van der Waals surface area contributed by atoms with Crippen LogP contribution in [0.1, 0.15) is 33.6 Å². The van der Waals surface area contributed by atoms with E-state index in [-0.39, 0.29) is 0 Å². The molecular formula is C12H19ClN2. The third-order valence-corrected chi connectivity index (χ3v) is 3.08. The average molecular weight is 227 g/mol. The number of hydrogen-bond donors (Lipinski definition) is 1. The molecule has 84 valence electrons. The second-order valence-corrected chi connectivity index (χ2v) is 4.26. The molecule has 1 rings (SSSR count). The minimum Gasteiger partial charge on any atom is -0.382 e. The Morgan fingerprint density at radius 1 is 1.40 bits per heavy atom. The van der Waals surface area contributed by atoms with Crippen molar-refractivity contribution in [2.45, 2.75) is 39.7 Å². The van der Waals surface area contributed by atoms with Gasteiger partial charge in [-0.05, 0) is 25.0 Å². The van der Waals surface area contributed by atoms with Crippen molar-refractivity contribution in [2.75, 3.05) is 5.32 Å². The molecule has 0 saturated heterocycles. The first-order valence-corrected chi connectivity index (χ1v) is 5.93. The molecule has 0 fully saturated rings. The van der Waals surface area contributed by atoms with Crippen LogP contribution in [0.3, 0.4) is 0 Å². The predicted octanol–water partition coefficient (Wildman–Crippen LogP) is 3.97.